The number of hydrogen-bond acceptors (Lipinski definition) is 3. The Hall–Kier alpha value is -1.23. The van der Waals surface area contributed by atoms with E-state index in [-0.39, 0.29) is 44.7 Å². The molecule has 2 aromatic carbocycles. The Kier molecular flexibility index (Phi) is 9.81. The van der Waals surface area contributed by atoms with Gasteiger partial charge in [0.05, 0.1) is 11.9 Å². The number of nitrogens with zero attached hydrogens (tertiary/aromatic N) is 1. The molecule has 0 aromatic heterocycles. The van der Waals surface area contributed by atoms with Crippen LogP contribution in [0.2, 0.25) is 0 Å². The van der Waals surface area contributed by atoms with Gasteiger partial charge in [0.15, 0.2) is 0 Å². The van der Waals surface area contributed by atoms with E-state index >= 15 is 0 Å². The number of carbonyl (C=O) groups is 1. The van der Waals surface area contributed by atoms with Crippen LogP contribution >= 0.6 is 0 Å². The predicted molar refractivity (Wildman–Crippen MR) is 112 cm³/mol. The number of ether oxygens (including phenoxy) is 1. The summed E-state index contributed by atoms with van der Waals surface area (Å²) in [4.78, 5) is 14.7. The zero-order valence-electron chi connectivity index (χ0n) is 17.2. The minimum absolute atomic E-state index is 0. The molecule has 5 heteroatoms. The normalized spacial score (nSPS) is 17.6. The van der Waals surface area contributed by atoms with Crippen molar-refractivity contribution in [3.05, 3.63) is 66.8 Å². The summed E-state index contributed by atoms with van der Waals surface area (Å²) in [6.45, 7) is 2.12. The van der Waals surface area contributed by atoms with Crippen LogP contribution in [0.15, 0.2) is 48.5 Å². The summed E-state index contributed by atoms with van der Waals surface area (Å²) in [7, 11) is 3.47. The smallest absolute Gasteiger partial charge is 0.227 e. The first-order valence-corrected chi connectivity index (χ1v) is 10.2. The Morgan fingerprint density at radius 2 is 2.00 bits per heavy atom. The Balaban J connectivity index is 0.00000300. The van der Waals surface area contributed by atoms with Crippen LogP contribution in [-0.4, -0.2) is 17.1 Å². The SMILES string of the molecule is [CH2-]Oc1cccc(CC2CCCC(=O)N2c2ccc(C(O)CCCC)cc2)c1.[Y]. The number of unbranched alkanes of at least 4 members (excludes halogenated alkanes) is 1. The topological polar surface area (TPSA) is 49.8 Å². The molecule has 1 heterocycles. The van der Waals surface area contributed by atoms with Crippen LogP contribution in [0.1, 0.15) is 62.7 Å². The number of amides is 1. The van der Waals surface area contributed by atoms with E-state index in [0.717, 1.165) is 61.1 Å². The predicted octanol–water partition coefficient (Wildman–Crippen LogP) is 5.21. The molecule has 0 spiro atoms. The third kappa shape index (κ3) is 6.37. The van der Waals surface area contributed by atoms with Crippen molar-refractivity contribution in [2.75, 3.05) is 4.90 Å². The number of aliphatic hydroxyl groups is 1. The van der Waals surface area contributed by atoms with Gasteiger partial charge in [0.25, 0.3) is 0 Å². The van der Waals surface area contributed by atoms with Crippen molar-refractivity contribution in [1.29, 1.82) is 0 Å². The van der Waals surface area contributed by atoms with Crippen LogP contribution in [-0.2, 0) is 43.9 Å². The van der Waals surface area contributed by atoms with Gasteiger partial charge in [0, 0.05) is 50.9 Å². The van der Waals surface area contributed by atoms with E-state index < -0.39 is 6.10 Å². The maximum absolute atomic E-state index is 12.7. The van der Waals surface area contributed by atoms with E-state index in [9.17, 15) is 9.90 Å². The molecule has 2 unspecified atom stereocenters. The minimum Gasteiger partial charge on any atom is -0.665 e. The molecule has 1 saturated heterocycles. The van der Waals surface area contributed by atoms with Gasteiger partial charge in [-0.3, -0.25) is 4.79 Å². The average Bonchev–Trinajstić information content (AvgIpc) is 2.72. The number of aliphatic hydroxyl groups excluding tert-OH is 1. The van der Waals surface area contributed by atoms with Gasteiger partial charge in [0.1, 0.15) is 0 Å². The molecule has 1 fully saturated rings. The number of carbonyl (C=O) groups excluding carboxylic acids is 1. The summed E-state index contributed by atoms with van der Waals surface area (Å²) in [6.07, 6.45) is 5.66. The van der Waals surface area contributed by atoms with Crippen molar-refractivity contribution >= 4 is 11.6 Å². The van der Waals surface area contributed by atoms with Crippen LogP contribution in [0.4, 0.5) is 5.69 Å². The molecular formula is C24H30NO3Y-. The van der Waals surface area contributed by atoms with Crippen molar-refractivity contribution in [1.82, 2.24) is 0 Å². The number of anilines is 1. The van der Waals surface area contributed by atoms with Crippen LogP contribution in [0.3, 0.4) is 0 Å². The Bertz CT molecular complexity index is 778. The number of benzene rings is 2. The van der Waals surface area contributed by atoms with Crippen molar-refractivity contribution < 1.29 is 47.3 Å². The Morgan fingerprint density at radius 1 is 1.24 bits per heavy atom. The molecule has 1 amide bonds. The molecule has 0 bridgehead atoms. The maximum Gasteiger partial charge on any atom is 0.227 e. The summed E-state index contributed by atoms with van der Waals surface area (Å²) in [5.74, 6) is 0.900. The van der Waals surface area contributed by atoms with E-state index in [0.29, 0.717) is 6.42 Å². The second-order valence-corrected chi connectivity index (χ2v) is 7.56. The van der Waals surface area contributed by atoms with Crippen molar-refractivity contribution in [3.63, 3.8) is 0 Å². The number of piperidine rings is 1. The zero-order chi connectivity index (χ0) is 19.9. The zero-order valence-corrected chi connectivity index (χ0v) is 20.1. The molecule has 2 atom stereocenters. The van der Waals surface area contributed by atoms with Gasteiger partial charge in [-0.15, -0.1) is 0 Å². The molecule has 4 nitrogen and oxygen atoms in total. The maximum atomic E-state index is 12.7. The van der Waals surface area contributed by atoms with Crippen LogP contribution in [0.25, 0.3) is 0 Å². The van der Waals surface area contributed by atoms with Crippen LogP contribution in [0, 0.1) is 7.11 Å². The molecule has 1 radical (unpaired) electrons. The van der Waals surface area contributed by atoms with Gasteiger partial charge in [-0.1, -0.05) is 44.0 Å². The van der Waals surface area contributed by atoms with Crippen LogP contribution in [0.5, 0.6) is 5.75 Å². The van der Waals surface area contributed by atoms with Gasteiger partial charge >= 0.3 is 0 Å². The number of hydrogen-bond donors (Lipinski definition) is 1. The minimum atomic E-state index is -0.438. The molecular weight excluding hydrogens is 439 g/mol. The second kappa shape index (κ2) is 11.8. The van der Waals surface area contributed by atoms with Gasteiger partial charge in [-0.25, -0.2) is 0 Å². The summed E-state index contributed by atoms with van der Waals surface area (Å²) < 4.78 is 5.09. The molecule has 3 rings (SSSR count). The molecule has 0 saturated carbocycles. The van der Waals surface area contributed by atoms with Gasteiger partial charge in [-0.05, 0) is 61.1 Å². The van der Waals surface area contributed by atoms with E-state index in [4.69, 9.17) is 4.74 Å². The molecule has 1 aliphatic heterocycles. The van der Waals surface area contributed by atoms with E-state index in [1.165, 1.54) is 0 Å². The first-order valence-electron chi connectivity index (χ1n) is 10.2. The van der Waals surface area contributed by atoms with Crippen LogP contribution < -0.4 is 9.64 Å². The fourth-order valence-electron chi connectivity index (χ4n) is 3.95. The summed E-state index contributed by atoms with van der Waals surface area (Å²) in [5.41, 5.74) is 2.96. The molecule has 29 heavy (non-hydrogen) atoms. The van der Waals surface area contributed by atoms with Crippen molar-refractivity contribution in [2.45, 2.75) is 64.0 Å². The van der Waals surface area contributed by atoms with Gasteiger partial charge in [0.2, 0.25) is 5.91 Å². The number of rotatable bonds is 8. The van der Waals surface area contributed by atoms with E-state index in [2.05, 4.69) is 20.1 Å². The molecule has 0 aliphatic carbocycles. The summed E-state index contributed by atoms with van der Waals surface area (Å²) >= 11 is 0. The first-order chi connectivity index (χ1) is 13.6. The summed E-state index contributed by atoms with van der Waals surface area (Å²) in [5, 5.41) is 10.3. The van der Waals surface area contributed by atoms with Gasteiger partial charge < -0.3 is 14.7 Å². The molecule has 1 aliphatic rings. The van der Waals surface area contributed by atoms with E-state index in [1.54, 1.807) is 0 Å². The standard InChI is InChI=1S/C24H30NO3.Y/c1-3-4-10-23(26)19-12-14-20(15-13-19)25-21(8-6-11-24(25)27)16-18-7-5-9-22(17-18)28-2;/h5,7,9,12-15,17,21,23,26H,2-4,6,8,10-11,16H2,1H3;/q-1;. The third-order valence-corrected chi connectivity index (χ3v) is 5.49. The van der Waals surface area contributed by atoms with Crippen molar-refractivity contribution in [2.24, 2.45) is 0 Å². The fraction of sp³-hybridized carbons (Fsp3) is 0.417. The molecule has 153 valence electrons. The third-order valence-electron chi connectivity index (χ3n) is 5.49. The largest absolute Gasteiger partial charge is 0.665 e. The average molecular weight is 469 g/mol. The molecule has 2 aromatic rings. The second-order valence-electron chi connectivity index (χ2n) is 7.56. The molecule has 1 N–H and O–H groups in total. The van der Waals surface area contributed by atoms with Gasteiger partial charge in [-0.2, -0.15) is 7.11 Å². The monoisotopic (exact) mass is 469 g/mol. The first kappa shape index (κ1) is 24.0. The quantitative estimate of drug-likeness (QED) is 0.541. The summed E-state index contributed by atoms with van der Waals surface area (Å²) in [6, 6.07) is 15.8. The van der Waals surface area contributed by atoms with Crippen molar-refractivity contribution in [3.8, 4) is 5.75 Å². The fourth-order valence-corrected chi connectivity index (χ4v) is 3.95. The van der Waals surface area contributed by atoms with E-state index in [1.807, 2.05) is 47.4 Å². The Labute approximate surface area is 199 Å². The Morgan fingerprint density at radius 3 is 2.69 bits per heavy atom.